The molecule has 4 rings (SSSR count). The van der Waals surface area contributed by atoms with E-state index in [0.29, 0.717) is 27.0 Å². The Morgan fingerprint density at radius 3 is 1.32 bits per heavy atom. The minimum Gasteiger partial charge on any atom is -0.497 e. The summed E-state index contributed by atoms with van der Waals surface area (Å²) >= 11 is 0. The van der Waals surface area contributed by atoms with Crippen molar-refractivity contribution in [3.8, 4) is 17.2 Å². The van der Waals surface area contributed by atoms with Gasteiger partial charge in [0.25, 0.3) is 0 Å². The van der Waals surface area contributed by atoms with Crippen LogP contribution in [-0.2, 0) is 19.4 Å². The lowest BCUT2D eigenvalue weighted by Crippen LogP contribution is -2.02. The van der Waals surface area contributed by atoms with E-state index < -0.39 is 19.4 Å². The molecule has 0 saturated heterocycles. The highest BCUT2D eigenvalue weighted by molar-refractivity contribution is 8.00. The molecule has 0 fully saturated rings. The smallest absolute Gasteiger partial charge is 0.206 e. The average molecular weight is 493 g/mol. The van der Waals surface area contributed by atoms with Gasteiger partial charge in [0.1, 0.15) is 17.2 Å². The van der Waals surface area contributed by atoms with Crippen molar-refractivity contribution in [2.45, 2.75) is 26.5 Å². The van der Waals surface area contributed by atoms with Crippen LogP contribution in [0, 0.1) is 6.92 Å². The standard InChI is InChI=1S/C27H24O5S2/c1-20-4-12-26(13-5-20)34(29,30)27-18-10-23(11-19-27)32-22-8-16-25(17-9-22)33(3,28)24-14-6-21(31-2)7-15-24/h4-19H,3H2,1-2H3. The van der Waals surface area contributed by atoms with E-state index in [1.165, 1.54) is 12.1 Å². The SMILES string of the molecule is C=S(=O)(c1ccc(OC)cc1)c1ccc(Oc2ccc(S(=O)(=O)c3ccc(C)cc3)cc2)cc1. The second-order valence-electron chi connectivity index (χ2n) is 7.71. The number of methoxy groups -OCH3 is 1. The predicted molar refractivity (Wildman–Crippen MR) is 134 cm³/mol. The monoisotopic (exact) mass is 492 g/mol. The van der Waals surface area contributed by atoms with Crippen molar-refractivity contribution in [1.82, 2.24) is 0 Å². The van der Waals surface area contributed by atoms with Crippen LogP contribution in [0.4, 0.5) is 0 Å². The normalized spacial score (nSPS) is 13.1. The molecule has 0 aliphatic rings. The first-order chi connectivity index (χ1) is 16.2. The molecule has 0 bridgehead atoms. The lowest BCUT2D eigenvalue weighted by atomic mass is 10.2. The van der Waals surface area contributed by atoms with Crippen LogP contribution in [0.15, 0.2) is 117 Å². The molecule has 1 atom stereocenters. The van der Waals surface area contributed by atoms with Crippen molar-refractivity contribution >= 4 is 25.2 Å². The fourth-order valence-electron chi connectivity index (χ4n) is 3.34. The first-order valence-electron chi connectivity index (χ1n) is 10.4. The van der Waals surface area contributed by atoms with Gasteiger partial charge in [-0.25, -0.2) is 8.42 Å². The van der Waals surface area contributed by atoms with Crippen LogP contribution in [0.2, 0.25) is 0 Å². The van der Waals surface area contributed by atoms with Gasteiger partial charge in [-0.1, -0.05) is 17.7 Å². The Balaban J connectivity index is 1.50. The second kappa shape index (κ2) is 9.37. The van der Waals surface area contributed by atoms with E-state index in [4.69, 9.17) is 9.47 Å². The summed E-state index contributed by atoms with van der Waals surface area (Å²) in [6.07, 6.45) is 0. The van der Waals surface area contributed by atoms with Gasteiger partial charge in [0.05, 0.1) is 16.9 Å². The number of hydrogen-bond acceptors (Lipinski definition) is 5. The maximum Gasteiger partial charge on any atom is 0.206 e. The van der Waals surface area contributed by atoms with Gasteiger partial charge in [-0.3, -0.25) is 4.21 Å². The number of aryl methyl sites for hydroxylation is 1. The Morgan fingerprint density at radius 1 is 0.559 bits per heavy atom. The van der Waals surface area contributed by atoms with Gasteiger partial charge in [-0.2, -0.15) is 0 Å². The van der Waals surface area contributed by atoms with Crippen LogP contribution in [0.1, 0.15) is 5.56 Å². The molecule has 0 heterocycles. The zero-order chi connectivity index (χ0) is 24.3. The lowest BCUT2D eigenvalue weighted by Gasteiger charge is -2.12. The molecule has 0 aliphatic heterocycles. The molecule has 0 saturated carbocycles. The number of hydrogen-bond donors (Lipinski definition) is 0. The van der Waals surface area contributed by atoms with Crippen LogP contribution in [0.5, 0.6) is 17.2 Å². The van der Waals surface area contributed by atoms with E-state index in [9.17, 15) is 12.6 Å². The van der Waals surface area contributed by atoms with Crippen LogP contribution < -0.4 is 9.47 Å². The third-order valence-corrected chi connectivity index (χ3v) is 9.20. The highest BCUT2D eigenvalue weighted by atomic mass is 32.2. The third-order valence-electron chi connectivity index (χ3n) is 5.35. The molecule has 0 aromatic heterocycles. The number of ether oxygens (including phenoxy) is 2. The molecule has 4 aromatic rings. The van der Waals surface area contributed by atoms with E-state index in [1.54, 1.807) is 92.0 Å². The average Bonchev–Trinajstić information content (AvgIpc) is 2.85. The van der Waals surface area contributed by atoms with Crippen molar-refractivity contribution < 1.29 is 22.1 Å². The van der Waals surface area contributed by atoms with E-state index >= 15 is 0 Å². The van der Waals surface area contributed by atoms with Crippen molar-refractivity contribution in [2.75, 3.05) is 7.11 Å². The highest BCUT2D eigenvalue weighted by Crippen LogP contribution is 2.29. The quantitative estimate of drug-likeness (QED) is 0.307. The molecular weight excluding hydrogens is 468 g/mol. The highest BCUT2D eigenvalue weighted by Gasteiger charge is 2.17. The summed E-state index contributed by atoms with van der Waals surface area (Å²) in [5.41, 5.74) is 0.993. The van der Waals surface area contributed by atoms with Gasteiger partial charge >= 0.3 is 0 Å². The Kier molecular flexibility index (Phi) is 6.50. The molecule has 0 radical (unpaired) electrons. The molecule has 5 nitrogen and oxygen atoms in total. The van der Waals surface area contributed by atoms with Gasteiger partial charge < -0.3 is 9.47 Å². The summed E-state index contributed by atoms with van der Waals surface area (Å²) in [5, 5.41) is 0. The number of sulfone groups is 1. The molecule has 0 spiro atoms. The van der Waals surface area contributed by atoms with Crippen molar-refractivity contribution in [3.63, 3.8) is 0 Å². The Bertz CT molecular complexity index is 1490. The van der Waals surface area contributed by atoms with Crippen LogP contribution >= 0.6 is 0 Å². The molecule has 0 N–H and O–H groups in total. The first kappa shape index (κ1) is 23.6. The van der Waals surface area contributed by atoms with Gasteiger partial charge in [0.15, 0.2) is 0 Å². The third kappa shape index (κ3) is 4.85. The van der Waals surface area contributed by atoms with E-state index in [0.717, 1.165) is 5.56 Å². The molecule has 174 valence electrons. The lowest BCUT2D eigenvalue weighted by molar-refractivity contribution is 0.414. The van der Waals surface area contributed by atoms with Crippen molar-refractivity contribution in [2.24, 2.45) is 0 Å². The Labute approximate surface area is 200 Å². The van der Waals surface area contributed by atoms with E-state index in [1.807, 2.05) is 6.92 Å². The van der Waals surface area contributed by atoms with Crippen LogP contribution in [0.25, 0.3) is 0 Å². The molecule has 0 amide bonds. The summed E-state index contributed by atoms with van der Waals surface area (Å²) in [7, 11) is -4.71. The number of benzene rings is 4. The molecule has 1 unspecified atom stereocenters. The topological polar surface area (TPSA) is 69.7 Å². The largest absolute Gasteiger partial charge is 0.497 e. The fourth-order valence-corrected chi connectivity index (χ4v) is 6.02. The van der Waals surface area contributed by atoms with Crippen molar-refractivity contribution in [3.05, 3.63) is 103 Å². The summed E-state index contributed by atoms with van der Waals surface area (Å²) in [5.74, 6) is 5.63. The van der Waals surface area contributed by atoms with E-state index in [-0.39, 0.29) is 9.79 Å². The van der Waals surface area contributed by atoms with Crippen molar-refractivity contribution in [1.29, 1.82) is 0 Å². The molecule has 4 aromatic carbocycles. The predicted octanol–water partition coefficient (Wildman–Crippen LogP) is 5.76. The minimum absolute atomic E-state index is 0.190. The Morgan fingerprint density at radius 2 is 0.912 bits per heavy atom. The number of rotatable bonds is 7. The van der Waals surface area contributed by atoms with Gasteiger partial charge in [-0.05, 0) is 97.7 Å². The zero-order valence-electron chi connectivity index (χ0n) is 18.8. The minimum atomic E-state index is -3.60. The molecular formula is C27H24O5S2. The van der Waals surface area contributed by atoms with Crippen LogP contribution in [0.3, 0.4) is 0 Å². The molecule has 34 heavy (non-hydrogen) atoms. The molecule has 0 aliphatic carbocycles. The first-order valence-corrected chi connectivity index (χ1v) is 13.6. The maximum atomic E-state index is 13.3. The van der Waals surface area contributed by atoms with Gasteiger partial charge in [0, 0.05) is 19.3 Å². The Hall–Kier alpha value is -3.55. The molecule has 7 heteroatoms. The summed E-state index contributed by atoms with van der Waals surface area (Å²) < 4.78 is 49.9. The maximum absolute atomic E-state index is 13.3. The summed E-state index contributed by atoms with van der Waals surface area (Å²) in [4.78, 5) is 1.61. The second-order valence-corrected chi connectivity index (χ2v) is 12.0. The summed E-state index contributed by atoms with van der Waals surface area (Å²) in [6, 6.07) is 26.8. The zero-order valence-corrected chi connectivity index (χ0v) is 20.4. The van der Waals surface area contributed by atoms with Gasteiger partial charge in [0.2, 0.25) is 9.84 Å². The van der Waals surface area contributed by atoms with E-state index in [2.05, 4.69) is 5.87 Å². The van der Waals surface area contributed by atoms with Gasteiger partial charge in [-0.15, -0.1) is 0 Å². The summed E-state index contributed by atoms with van der Waals surface area (Å²) in [6.45, 7) is 1.91. The van der Waals surface area contributed by atoms with Crippen LogP contribution in [-0.4, -0.2) is 25.6 Å². The fraction of sp³-hybridized carbons (Fsp3) is 0.0741.